The lowest BCUT2D eigenvalue weighted by Gasteiger charge is -2.13. The summed E-state index contributed by atoms with van der Waals surface area (Å²) in [6.07, 6.45) is 0. The van der Waals surface area contributed by atoms with Crippen molar-refractivity contribution in [3.63, 3.8) is 0 Å². The summed E-state index contributed by atoms with van der Waals surface area (Å²) in [7, 11) is 0. The zero-order valence-electron chi connectivity index (χ0n) is 6.69. The largest absolute Gasteiger partial charge is 0.368 e. The van der Waals surface area contributed by atoms with Gasteiger partial charge in [0.25, 0.3) is 0 Å². The smallest absolute Gasteiger partial charge is 0.250 e. The van der Waals surface area contributed by atoms with E-state index in [0.29, 0.717) is 0 Å². The third kappa shape index (κ3) is 3.80. The highest BCUT2D eigenvalue weighted by molar-refractivity contribution is 6.67. The molecule has 1 aromatic rings. The number of aromatic nitrogens is 3. The van der Waals surface area contributed by atoms with Crippen molar-refractivity contribution in [3.8, 4) is 0 Å². The minimum atomic E-state index is -1.86. The zero-order chi connectivity index (χ0) is 11.9. The molecule has 84 valence electrons. The summed E-state index contributed by atoms with van der Waals surface area (Å²) in [6, 6.07) is 0. The summed E-state index contributed by atoms with van der Waals surface area (Å²) in [5, 5.41) is 0. The van der Waals surface area contributed by atoms with E-state index in [1.54, 1.807) is 0 Å². The Morgan fingerprint density at radius 3 is 1.33 bits per heavy atom. The summed E-state index contributed by atoms with van der Waals surface area (Å²) in [5.74, 6) is -0.615. The molecule has 0 amide bonds. The van der Waals surface area contributed by atoms with Crippen LogP contribution >= 0.6 is 69.6 Å². The molecule has 0 atom stereocenters. The van der Waals surface area contributed by atoms with Gasteiger partial charge >= 0.3 is 0 Å². The molecule has 0 spiro atoms. The minimum Gasteiger partial charge on any atom is -0.368 e. The molecule has 1 aromatic heterocycles. The lowest BCUT2D eigenvalue weighted by molar-refractivity contribution is 0.854. The first-order chi connectivity index (χ1) is 6.60. The van der Waals surface area contributed by atoms with Gasteiger partial charge in [-0.15, -0.1) is 0 Å². The fraction of sp³-hybridized carbons (Fsp3) is 0.400. The number of nitrogens with zero attached hydrogens (tertiary/aromatic N) is 3. The second-order valence-electron chi connectivity index (χ2n) is 2.34. The van der Waals surface area contributed by atoms with Crippen LogP contribution in [0.15, 0.2) is 0 Å². The normalized spacial score (nSPS) is 12.9. The van der Waals surface area contributed by atoms with Crippen LogP contribution in [0.5, 0.6) is 0 Å². The van der Waals surface area contributed by atoms with Gasteiger partial charge in [0.2, 0.25) is 13.5 Å². The number of hydrogen-bond acceptors (Lipinski definition) is 4. The third-order valence-electron chi connectivity index (χ3n) is 1.16. The molecular weight excluding hydrogens is 329 g/mol. The number of hydrogen-bond donors (Lipinski definition) is 1. The van der Waals surface area contributed by atoms with Crippen molar-refractivity contribution in [2.45, 2.75) is 7.59 Å². The Hall–Kier alpha value is 0.550. The molecule has 0 unspecified atom stereocenters. The molecule has 1 heterocycles. The van der Waals surface area contributed by atoms with Gasteiger partial charge in [-0.25, -0.2) is 4.98 Å². The predicted octanol–water partition coefficient (Wildman–Crippen LogP) is 3.11. The fourth-order valence-electron chi connectivity index (χ4n) is 0.646. The number of rotatable bonds is 0. The highest BCUT2D eigenvalue weighted by atomic mass is 35.6. The van der Waals surface area contributed by atoms with E-state index in [9.17, 15) is 0 Å². The van der Waals surface area contributed by atoms with Crippen molar-refractivity contribution in [2.24, 2.45) is 0 Å². The van der Waals surface area contributed by atoms with E-state index in [0.717, 1.165) is 0 Å². The van der Waals surface area contributed by atoms with Crippen molar-refractivity contribution >= 4 is 75.6 Å². The van der Waals surface area contributed by atoms with Crippen LogP contribution in [0.4, 0.5) is 5.95 Å². The molecular formula is C5H2Cl6N4. The number of anilines is 1. The molecule has 0 aliphatic carbocycles. The van der Waals surface area contributed by atoms with Crippen molar-refractivity contribution in [1.29, 1.82) is 0 Å². The van der Waals surface area contributed by atoms with Gasteiger partial charge in [0.1, 0.15) is 0 Å². The summed E-state index contributed by atoms with van der Waals surface area (Å²) in [5.41, 5.74) is 5.34. The Bertz CT molecular complexity index is 337. The SMILES string of the molecule is Nc1nc(C(Cl)(Cl)Cl)nc(C(Cl)(Cl)Cl)n1. The standard InChI is InChI=1S/C5H2Cl6N4/c6-4(7,8)1-13-2(5(9,10)11)15-3(12)14-1/h(H2,12,13,14,15). The van der Waals surface area contributed by atoms with Crippen molar-refractivity contribution < 1.29 is 0 Å². The quantitative estimate of drug-likeness (QED) is 0.742. The molecule has 10 heteroatoms. The van der Waals surface area contributed by atoms with Gasteiger partial charge in [0.15, 0.2) is 11.6 Å². The van der Waals surface area contributed by atoms with E-state index < -0.39 is 7.59 Å². The Morgan fingerprint density at radius 2 is 1.07 bits per heavy atom. The van der Waals surface area contributed by atoms with E-state index in [1.165, 1.54) is 0 Å². The minimum absolute atomic E-state index is 0.201. The van der Waals surface area contributed by atoms with Crippen LogP contribution in [0.3, 0.4) is 0 Å². The molecule has 0 aliphatic rings. The van der Waals surface area contributed by atoms with E-state index in [2.05, 4.69) is 15.0 Å². The lowest BCUT2D eigenvalue weighted by Crippen LogP contribution is -2.17. The average Bonchev–Trinajstić information content (AvgIpc) is 1.99. The summed E-state index contributed by atoms with van der Waals surface area (Å²) >= 11 is 33.3. The van der Waals surface area contributed by atoms with E-state index in [4.69, 9.17) is 75.3 Å². The molecule has 0 aliphatic heterocycles. The Balaban J connectivity index is 3.30. The summed E-state index contributed by atoms with van der Waals surface area (Å²) in [6.45, 7) is 0. The maximum absolute atomic E-state index is 5.55. The number of halogens is 6. The first-order valence-electron chi connectivity index (χ1n) is 3.26. The number of nitrogens with two attached hydrogens (primary N) is 1. The molecule has 2 N–H and O–H groups in total. The molecule has 0 saturated carbocycles. The van der Waals surface area contributed by atoms with Gasteiger partial charge in [0, 0.05) is 0 Å². The molecule has 0 saturated heterocycles. The van der Waals surface area contributed by atoms with Crippen molar-refractivity contribution in [3.05, 3.63) is 11.6 Å². The van der Waals surface area contributed by atoms with Crippen LogP contribution in [0.25, 0.3) is 0 Å². The van der Waals surface area contributed by atoms with Gasteiger partial charge in [-0.2, -0.15) is 9.97 Å². The third-order valence-corrected chi connectivity index (χ3v) is 2.17. The van der Waals surface area contributed by atoms with E-state index >= 15 is 0 Å². The van der Waals surface area contributed by atoms with Gasteiger partial charge in [-0.05, 0) is 0 Å². The molecule has 15 heavy (non-hydrogen) atoms. The first kappa shape index (κ1) is 13.6. The zero-order valence-corrected chi connectivity index (χ0v) is 11.2. The Morgan fingerprint density at radius 1 is 0.733 bits per heavy atom. The molecule has 1 rings (SSSR count). The maximum atomic E-state index is 5.55. The van der Waals surface area contributed by atoms with Crippen LogP contribution in [-0.2, 0) is 7.59 Å². The molecule has 0 bridgehead atoms. The molecule has 0 radical (unpaired) electrons. The number of nitrogen functional groups attached to an aromatic ring is 1. The summed E-state index contributed by atoms with van der Waals surface area (Å²) < 4.78 is -3.72. The molecule has 4 nitrogen and oxygen atoms in total. The highest BCUT2D eigenvalue weighted by Crippen LogP contribution is 2.39. The van der Waals surface area contributed by atoms with Crippen LogP contribution in [0.1, 0.15) is 11.6 Å². The van der Waals surface area contributed by atoms with Crippen molar-refractivity contribution in [1.82, 2.24) is 15.0 Å². The maximum Gasteiger partial charge on any atom is 0.250 e. The Kier molecular flexibility index (Phi) is 4.02. The second-order valence-corrected chi connectivity index (χ2v) is 6.90. The lowest BCUT2D eigenvalue weighted by atomic mass is 10.6. The second kappa shape index (κ2) is 4.43. The van der Waals surface area contributed by atoms with Crippen molar-refractivity contribution in [2.75, 3.05) is 5.73 Å². The van der Waals surface area contributed by atoms with Crippen LogP contribution in [0.2, 0.25) is 0 Å². The first-order valence-corrected chi connectivity index (χ1v) is 5.53. The highest BCUT2D eigenvalue weighted by Gasteiger charge is 2.33. The van der Waals surface area contributed by atoms with Crippen LogP contribution in [-0.4, -0.2) is 15.0 Å². The topological polar surface area (TPSA) is 64.7 Å². The van der Waals surface area contributed by atoms with E-state index in [1.807, 2.05) is 0 Å². The molecule has 0 aromatic carbocycles. The molecule has 0 fully saturated rings. The monoisotopic (exact) mass is 328 g/mol. The number of alkyl halides is 6. The van der Waals surface area contributed by atoms with Gasteiger partial charge in [0.05, 0.1) is 0 Å². The average molecular weight is 331 g/mol. The van der Waals surface area contributed by atoms with Gasteiger partial charge < -0.3 is 5.73 Å². The van der Waals surface area contributed by atoms with Gasteiger partial charge in [-0.1, -0.05) is 69.6 Å². The Labute approximate surface area is 115 Å². The van der Waals surface area contributed by atoms with Crippen LogP contribution < -0.4 is 5.73 Å². The summed E-state index contributed by atoms with van der Waals surface area (Å²) in [4.78, 5) is 10.9. The van der Waals surface area contributed by atoms with E-state index in [-0.39, 0.29) is 17.6 Å². The van der Waals surface area contributed by atoms with Gasteiger partial charge in [-0.3, -0.25) is 0 Å². The predicted molar refractivity (Wildman–Crippen MR) is 62.7 cm³/mol. The fourth-order valence-corrected chi connectivity index (χ4v) is 1.15. The van der Waals surface area contributed by atoms with Crippen LogP contribution in [0, 0.1) is 0 Å².